The monoisotopic (exact) mass is 263 g/mol. The highest BCUT2D eigenvalue weighted by molar-refractivity contribution is 6.30. The second-order valence-electron chi connectivity index (χ2n) is 3.61. The third-order valence-electron chi connectivity index (χ3n) is 2.45. The fraction of sp³-hybridized carbons (Fsp3) is 0.154. The lowest BCUT2D eigenvalue weighted by molar-refractivity contribution is 0.413. The summed E-state index contributed by atoms with van der Waals surface area (Å²) in [7, 11) is 1.63. The van der Waals surface area contributed by atoms with E-state index in [9.17, 15) is 0 Å². The van der Waals surface area contributed by atoms with Crippen molar-refractivity contribution in [3.63, 3.8) is 0 Å². The lowest BCUT2D eigenvalue weighted by Crippen LogP contribution is -2.06. The molecular formula is C13H14ClN3O. The van der Waals surface area contributed by atoms with Gasteiger partial charge in [0, 0.05) is 24.0 Å². The van der Waals surface area contributed by atoms with E-state index in [-0.39, 0.29) is 0 Å². The molecule has 1 aromatic carbocycles. The minimum Gasteiger partial charge on any atom is -0.495 e. The van der Waals surface area contributed by atoms with E-state index in [1.54, 1.807) is 25.4 Å². The number of rotatable bonds is 5. The average Bonchev–Trinajstić information content (AvgIpc) is 2.84. The summed E-state index contributed by atoms with van der Waals surface area (Å²) in [5, 5.41) is 3.79. The summed E-state index contributed by atoms with van der Waals surface area (Å²) < 4.78 is 7.21. The average molecular weight is 264 g/mol. The molecule has 0 fully saturated rings. The number of halogens is 1. The number of methoxy groups -OCH3 is 1. The lowest BCUT2D eigenvalue weighted by Gasteiger charge is -2.12. The number of nitrogens with one attached hydrogen (secondary N) is 1. The molecule has 0 saturated carbocycles. The molecule has 0 spiro atoms. The summed E-state index contributed by atoms with van der Waals surface area (Å²) in [5.74, 6) is 1.45. The quantitative estimate of drug-likeness (QED) is 0.843. The van der Waals surface area contributed by atoms with E-state index in [0.717, 1.165) is 17.4 Å². The first-order chi connectivity index (χ1) is 8.76. The van der Waals surface area contributed by atoms with Crippen LogP contribution in [0.3, 0.4) is 0 Å². The normalized spacial score (nSPS) is 10.1. The molecule has 0 saturated heterocycles. The third kappa shape index (κ3) is 2.49. The maximum Gasteiger partial charge on any atom is 0.207 e. The Balaban J connectivity index is 2.44. The van der Waals surface area contributed by atoms with E-state index in [4.69, 9.17) is 16.3 Å². The number of nitrogens with zero attached hydrogens (tertiary/aromatic N) is 2. The van der Waals surface area contributed by atoms with E-state index < -0.39 is 0 Å². The van der Waals surface area contributed by atoms with Gasteiger partial charge in [0.2, 0.25) is 5.95 Å². The fourth-order valence-corrected chi connectivity index (χ4v) is 1.81. The van der Waals surface area contributed by atoms with Gasteiger partial charge in [-0.1, -0.05) is 17.7 Å². The van der Waals surface area contributed by atoms with Crippen molar-refractivity contribution in [3.8, 4) is 11.4 Å². The Morgan fingerprint density at radius 2 is 2.39 bits per heavy atom. The van der Waals surface area contributed by atoms with Crippen LogP contribution in [0.25, 0.3) is 5.69 Å². The van der Waals surface area contributed by atoms with E-state index in [1.165, 1.54) is 0 Å². The predicted octanol–water partition coefficient (Wildman–Crippen LogP) is 3.13. The lowest BCUT2D eigenvalue weighted by atomic mass is 10.3. The number of ether oxygens (including phenoxy) is 1. The number of aromatic nitrogens is 2. The second-order valence-corrected chi connectivity index (χ2v) is 4.04. The van der Waals surface area contributed by atoms with Gasteiger partial charge in [0.1, 0.15) is 5.75 Å². The smallest absolute Gasteiger partial charge is 0.207 e. The summed E-state index contributed by atoms with van der Waals surface area (Å²) in [6, 6.07) is 5.45. The SMILES string of the molecule is C=CCNc1nccn1-c1cc(Cl)ccc1OC. The van der Waals surface area contributed by atoms with Crippen LogP contribution in [0.4, 0.5) is 5.95 Å². The number of hydrogen-bond donors (Lipinski definition) is 1. The second kappa shape index (κ2) is 5.60. The van der Waals surface area contributed by atoms with Crippen LogP contribution >= 0.6 is 11.6 Å². The van der Waals surface area contributed by atoms with Gasteiger partial charge < -0.3 is 10.1 Å². The highest BCUT2D eigenvalue weighted by atomic mass is 35.5. The van der Waals surface area contributed by atoms with Crippen LogP contribution in [0.5, 0.6) is 5.75 Å². The molecule has 0 unspecified atom stereocenters. The maximum absolute atomic E-state index is 6.02. The van der Waals surface area contributed by atoms with Gasteiger partial charge in [-0.2, -0.15) is 0 Å². The first-order valence-corrected chi connectivity index (χ1v) is 5.86. The molecule has 0 aliphatic rings. The van der Waals surface area contributed by atoms with Crippen LogP contribution in [0.15, 0.2) is 43.2 Å². The van der Waals surface area contributed by atoms with Gasteiger partial charge in [0.05, 0.1) is 12.8 Å². The maximum atomic E-state index is 6.02. The predicted molar refractivity (Wildman–Crippen MR) is 73.8 cm³/mol. The Morgan fingerprint density at radius 3 is 3.11 bits per heavy atom. The molecule has 1 N–H and O–H groups in total. The minimum atomic E-state index is 0.639. The molecule has 0 aliphatic heterocycles. The van der Waals surface area contributed by atoms with Crippen molar-refractivity contribution in [2.24, 2.45) is 0 Å². The topological polar surface area (TPSA) is 39.1 Å². The van der Waals surface area contributed by atoms with Crippen LogP contribution in [0.1, 0.15) is 0 Å². The zero-order valence-electron chi connectivity index (χ0n) is 10.1. The first-order valence-electron chi connectivity index (χ1n) is 5.48. The summed E-state index contributed by atoms with van der Waals surface area (Å²) in [5.41, 5.74) is 0.842. The van der Waals surface area contributed by atoms with E-state index in [0.29, 0.717) is 11.6 Å². The molecule has 0 bridgehead atoms. The Hall–Kier alpha value is -1.94. The fourth-order valence-electron chi connectivity index (χ4n) is 1.64. The van der Waals surface area contributed by atoms with Gasteiger partial charge >= 0.3 is 0 Å². The third-order valence-corrected chi connectivity index (χ3v) is 2.68. The number of imidazole rings is 1. The first kappa shape index (κ1) is 12.5. The van der Waals surface area contributed by atoms with Gasteiger partial charge in [-0.25, -0.2) is 4.98 Å². The Morgan fingerprint density at radius 1 is 1.56 bits per heavy atom. The van der Waals surface area contributed by atoms with Gasteiger partial charge in [-0.3, -0.25) is 4.57 Å². The van der Waals surface area contributed by atoms with Crippen molar-refractivity contribution < 1.29 is 4.74 Å². The van der Waals surface area contributed by atoms with Crippen molar-refractivity contribution in [2.75, 3.05) is 19.0 Å². The molecule has 1 heterocycles. The van der Waals surface area contributed by atoms with E-state index in [1.807, 2.05) is 22.9 Å². The molecule has 1 aromatic heterocycles. The van der Waals surface area contributed by atoms with Crippen molar-refractivity contribution in [1.82, 2.24) is 9.55 Å². The summed E-state index contributed by atoms with van der Waals surface area (Å²) >= 11 is 6.02. The molecule has 5 heteroatoms. The van der Waals surface area contributed by atoms with Crippen LogP contribution in [-0.2, 0) is 0 Å². The van der Waals surface area contributed by atoms with Crippen LogP contribution in [-0.4, -0.2) is 23.2 Å². The van der Waals surface area contributed by atoms with Gasteiger partial charge in [-0.15, -0.1) is 6.58 Å². The Labute approximate surface area is 111 Å². The summed E-state index contributed by atoms with van der Waals surface area (Å²) in [4.78, 5) is 4.24. The van der Waals surface area contributed by atoms with Gasteiger partial charge in [0.25, 0.3) is 0 Å². The molecule has 18 heavy (non-hydrogen) atoms. The largest absolute Gasteiger partial charge is 0.495 e. The summed E-state index contributed by atoms with van der Waals surface area (Å²) in [6.45, 7) is 4.30. The summed E-state index contributed by atoms with van der Waals surface area (Å²) in [6.07, 6.45) is 5.33. The molecule has 4 nitrogen and oxygen atoms in total. The van der Waals surface area contributed by atoms with E-state index >= 15 is 0 Å². The zero-order valence-corrected chi connectivity index (χ0v) is 10.8. The van der Waals surface area contributed by atoms with Crippen molar-refractivity contribution >= 4 is 17.5 Å². The number of anilines is 1. The number of hydrogen-bond acceptors (Lipinski definition) is 3. The highest BCUT2D eigenvalue weighted by Crippen LogP contribution is 2.28. The Kier molecular flexibility index (Phi) is 3.89. The number of benzene rings is 1. The van der Waals surface area contributed by atoms with Crippen LogP contribution in [0, 0.1) is 0 Å². The van der Waals surface area contributed by atoms with Crippen LogP contribution < -0.4 is 10.1 Å². The molecular weight excluding hydrogens is 250 g/mol. The molecule has 0 atom stereocenters. The Bertz CT molecular complexity index is 551. The minimum absolute atomic E-state index is 0.639. The molecule has 2 rings (SSSR count). The molecule has 2 aromatic rings. The molecule has 94 valence electrons. The van der Waals surface area contributed by atoms with Crippen molar-refractivity contribution in [3.05, 3.63) is 48.3 Å². The van der Waals surface area contributed by atoms with Crippen molar-refractivity contribution in [2.45, 2.75) is 0 Å². The zero-order chi connectivity index (χ0) is 13.0. The van der Waals surface area contributed by atoms with Crippen molar-refractivity contribution in [1.29, 1.82) is 0 Å². The molecule has 0 amide bonds. The molecule has 0 aliphatic carbocycles. The van der Waals surface area contributed by atoms with Crippen LogP contribution in [0.2, 0.25) is 5.02 Å². The standard InChI is InChI=1S/C13H14ClN3O/c1-3-6-15-13-16-7-8-17(13)11-9-10(14)4-5-12(11)18-2/h3-5,7-9H,1,6H2,2H3,(H,15,16). The van der Waals surface area contributed by atoms with E-state index in [2.05, 4.69) is 16.9 Å². The molecule has 0 radical (unpaired) electrons. The van der Waals surface area contributed by atoms with Gasteiger partial charge in [-0.05, 0) is 18.2 Å². The highest BCUT2D eigenvalue weighted by Gasteiger charge is 2.10. The van der Waals surface area contributed by atoms with Gasteiger partial charge in [0.15, 0.2) is 0 Å².